The summed E-state index contributed by atoms with van der Waals surface area (Å²) in [4.78, 5) is 10.9. The van der Waals surface area contributed by atoms with Crippen LogP contribution in [-0.4, -0.2) is 21.6 Å². The number of nitrogens with zero attached hydrogens (tertiary/aromatic N) is 1. The fourth-order valence-corrected chi connectivity index (χ4v) is 2.00. The van der Waals surface area contributed by atoms with Crippen LogP contribution in [0.15, 0.2) is 36.5 Å². The predicted molar refractivity (Wildman–Crippen MR) is 69.3 cm³/mol. The van der Waals surface area contributed by atoms with E-state index in [9.17, 15) is 23.1 Å². The van der Waals surface area contributed by atoms with Crippen LogP contribution in [0.4, 0.5) is 13.2 Å². The molecule has 106 valence electrons. The Labute approximate surface area is 112 Å². The van der Waals surface area contributed by atoms with E-state index in [0.29, 0.717) is 11.9 Å². The summed E-state index contributed by atoms with van der Waals surface area (Å²) in [5, 5.41) is 10.4. The van der Waals surface area contributed by atoms with Crippen LogP contribution in [0.1, 0.15) is 12.5 Å². The molecule has 1 aromatic heterocycles. The molecule has 2 aromatic rings. The third-order valence-corrected chi connectivity index (χ3v) is 2.95. The summed E-state index contributed by atoms with van der Waals surface area (Å²) >= 11 is 0. The smallest absolute Gasteiger partial charge is 0.454 e. The number of benzene rings is 1. The molecule has 0 aliphatic heterocycles. The summed E-state index contributed by atoms with van der Waals surface area (Å²) < 4.78 is 38.4. The molecule has 20 heavy (non-hydrogen) atoms. The summed E-state index contributed by atoms with van der Waals surface area (Å²) in [7, 11) is 0. The molecule has 0 atom stereocenters. The van der Waals surface area contributed by atoms with E-state index in [1.54, 1.807) is 28.8 Å². The number of fused-ring (bicyclic) bond motifs is 1. The Kier molecular flexibility index (Phi) is 3.57. The van der Waals surface area contributed by atoms with Crippen LogP contribution in [0.25, 0.3) is 16.7 Å². The first-order chi connectivity index (χ1) is 9.34. The Hall–Kier alpha value is -2.24. The number of carbonyl (C=O) groups is 1. The van der Waals surface area contributed by atoms with E-state index >= 15 is 0 Å². The van der Waals surface area contributed by atoms with Gasteiger partial charge in [0.1, 0.15) is 5.76 Å². The van der Waals surface area contributed by atoms with Crippen molar-refractivity contribution >= 4 is 22.4 Å². The molecule has 0 aliphatic carbocycles. The highest BCUT2D eigenvalue weighted by Gasteiger charge is 2.37. The number of aliphatic hydroxyl groups excluding tert-OH is 1. The number of aliphatic hydroxyl groups is 1. The molecule has 0 unspecified atom stereocenters. The first-order valence-corrected chi connectivity index (χ1v) is 5.94. The molecule has 0 amide bonds. The number of halogens is 3. The molecule has 6 heteroatoms. The number of hydrogen-bond donors (Lipinski definition) is 1. The normalized spacial score (nSPS) is 12.9. The van der Waals surface area contributed by atoms with Gasteiger partial charge in [0.2, 0.25) is 0 Å². The van der Waals surface area contributed by atoms with Crippen molar-refractivity contribution in [1.29, 1.82) is 0 Å². The maximum atomic E-state index is 12.2. The number of para-hydroxylation sites is 1. The van der Waals surface area contributed by atoms with E-state index in [0.717, 1.165) is 5.52 Å². The predicted octanol–water partition coefficient (Wildman–Crippen LogP) is 3.69. The Morgan fingerprint density at radius 1 is 1.35 bits per heavy atom. The molecule has 1 heterocycles. The second kappa shape index (κ2) is 5.03. The first-order valence-electron chi connectivity index (χ1n) is 5.94. The minimum atomic E-state index is -4.99. The van der Waals surface area contributed by atoms with Crippen LogP contribution >= 0.6 is 0 Å². The van der Waals surface area contributed by atoms with Crippen molar-refractivity contribution in [2.75, 3.05) is 0 Å². The van der Waals surface area contributed by atoms with Gasteiger partial charge in [-0.2, -0.15) is 13.2 Å². The van der Waals surface area contributed by atoms with Gasteiger partial charge in [0.05, 0.1) is 0 Å². The van der Waals surface area contributed by atoms with Crippen molar-refractivity contribution in [3.63, 3.8) is 0 Å². The van der Waals surface area contributed by atoms with Gasteiger partial charge in [-0.3, -0.25) is 4.79 Å². The Morgan fingerprint density at radius 2 is 2.00 bits per heavy atom. The van der Waals surface area contributed by atoms with Crippen molar-refractivity contribution in [3.05, 3.63) is 42.1 Å². The number of alkyl halides is 3. The zero-order valence-electron chi connectivity index (χ0n) is 10.6. The molecule has 0 spiro atoms. The fraction of sp³-hybridized carbons (Fsp3) is 0.214. The molecule has 0 bridgehead atoms. The van der Waals surface area contributed by atoms with Gasteiger partial charge in [-0.1, -0.05) is 18.2 Å². The van der Waals surface area contributed by atoms with Gasteiger partial charge in [0, 0.05) is 35.3 Å². The molecule has 3 nitrogen and oxygen atoms in total. The van der Waals surface area contributed by atoms with Gasteiger partial charge in [-0.05, 0) is 13.0 Å². The third-order valence-electron chi connectivity index (χ3n) is 2.95. The number of aryl methyl sites for hydroxylation is 1. The minimum Gasteiger partial charge on any atom is -0.507 e. The van der Waals surface area contributed by atoms with Gasteiger partial charge in [0.15, 0.2) is 0 Å². The number of allylic oxidation sites excluding steroid dienone is 1. The lowest BCUT2D eigenvalue weighted by Gasteiger charge is -2.02. The van der Waals surface area contributed by atoms with Gasteiger partial charge < -0.3 is 9.67 Å². The lowest BCUT2D eigenvalue weighted by Crippen LogP contribution is -2.20. The van der Waals surface area contributed by atoms with Crippen LogP contribution in [0.5, 0.6) is 0 Å². The van der Waals surface area contributed by atoms with E-state index in [2.05, 4.69) is 0 Å². The average molecular weight is 283 g/mol. The Bertz CT molecular complexity index is 683. The van der Waals surface area contributed by atoms with Crippen LogP contribution in [-0.2, 0) is 11.3 Å². The zero-order valence-corrected chi connectivity index (χ0v) is 10.6. The Balaban J connectivity index is 2.53. The van der Waals surface area contributed by atoms with E-state index in [-0.39, 0.29) is 11.6 Å². The van der Waals surface area contributed by atoms with Crippen molar-refractivity contribution in [1.82, 2.24) is 4.57 Å². The first kappa shape index (κ1) is 14.2. The minimum absolute atomic E-state index is 0.208. The molecule has 0 radical (unpaired) electrons. The van der Waals surface area contributed by atoms with E-state index in [4.69, 9.17) is 0 Å². The van der Waals surface area contributed by atoms with Gasteiger partial charge in [-0.15, -0.1) is 0 Å². The highest BCUT2D eigenvalue weighted by atomic mass is 19.4. The number of ketones is 1. The molecular weight excluding hydrogens is 271 g/mol. The van der Waals surface area contributed by atoms with E-state index in [1.165, 1.54) is 6.20 Å². The molecule has 0 fully saturated rings. The molecule has 2 rings (SSSR count). The number of hydrogen-bond acceptors (Lipinski definition) is 2. The summed E-state index contributed by atoms with van der Waals surface area (Å²) in [5.74, 6) is -2.76. The number of carbonyl (C=O) groups excluding carboxylic acids is 1. The van der Waals surface area contributed by atoms with E-state index in [1.807, 2.05) is 6.92 Å². The van der Waals surface area contributed by atoms with Crippen LogP contribution in [0.2, 0.25) is 0 Å². The Morgan fingerprint density at radius 3 is 2.60 bits per heavy atom. The molecule has 1 aromatic carbocycles. The van der Waals surface area contributed by atoms with Crippen LogP contribution in [0.3, 0.4) is 0 Å². The SMILES string of the molecule is CCn1cc(C(O)=CC(=O)C(F)(F)F)c2ccccc21. The quantitative estimate of drug-likeness (QED) is 0.689. The monoisotopic (exact) mass is 283 g/mol. The molecule has 0 saturated heterocycles. The van der Waals surface area contributed by atoms with Crippen molar-refractivity contribution in [3.8, 4) is 0 Å². The standard InChI is InChI=1S/C14H12F3NO2/c1-2-18-8-10(9-5-3-4-6-11(9)18)12(19)7-13(20)14(15,16)17/h3-8,19H,2H2,1H3. The highest BCUT2D eigenvalue weighted by Crippen LogP contribution is 2.27. The number of aromatic nitrogens is 1. The molecule has 1 N–H and O–H groups in total. The van der Waals surface area contributed by atoms with E-state index < -0.39 is 17.7 Å². The second-order valence-electron chi connectivity index (χ2n) is 4.24. The zero-order chi connectivity index (χ0) is 14.9. The lowest BCUT2D eigenvalue weighted by atomic mass is 10.1. The summed E-state index contributed by atoms with van der Waals surface area (Å²) in [6.07, 6.45) is -3.25. The van der Waals surface area contributed by atoms with Crippen LogP contribution < -0.4 is 0 Å². The van der Waals surface area contributed by atoms with Crippen molar-refractivity contribution < 1.29 is 23.1 Å². The van der Waals surface area contributed by atoms with Gasteiger partial charge in [-0.25, -0.2) is 0 Å². The molecule has 0 aliphatic rings. The number of rotatable bonds is 3. The highest BCUT2D eigenvalue weighted by molar-refractivity contribution is 6.02. The van der Waals surface area contributed by atoms with Gasteiger partial charge >= 0.3 is 6.18 Å². The third kappa shape index (κ3) is 2.54. The summed E-state index contributed by atoms with van der Waals surface area (Å²) in [6, 6.07) is 6.98. The maximum Gasteiger partial charge on any atom is 0.454 e. The topological polar surface area (TPSA) is 42.2 Å². The maximum absolute atomic E-state index is 12.2. The largest absolute Gasteiger partial charge is 0.507 e. The van der Waals surface area contributed by atoms with Crippen LogP contribution in [0, 0.1) is 0 Å². The molecule has 0 saturated carbocycles. The van der Waals surface area contributed by atoms with Gasteiger partial charge in [0.25, 0.3) is 5.78 Å². The summed E-state index contributed by atoms with van der Waals surface area (Å²) in [5.41, 5.74) is 0.990. The van der Waals surface area contributed by atoms with Crippen molar-refractivity contribution in [2.45, 2.75) is 19.6 Å². The summed E-state index contributed by atoms with van der Waals surface area (Å²) in [6.45, 7) is 2.47. The molecular formula is C14H12F3NO2. The average Bonchev–Trinajstić information content (AvgIpc) is 2.76. The lowest BCUT2D eigenvalue weighted by molar-refractivity contribution is -0.165. The fourth-order valence-electron chi connectivity index (χ4n) is 2.00. The van der Waals surface area contributed by atoms with Crippen molar-refractivity contribution in [2.24, 2.45) is 0 Å². The second-order valence-corrected chi connectivity index (χ2v) is 4.24.